The number of halogens is 1. The van der Waals surface area contributed by atoms with Crippen LogP contribution in [0.3, 0.4) is 0 Å². The number of unbranched alkanes of at least 4 members (excludes halogenated alkanes) is 1. The van der Waals surface area contributed by atoms with Crippen LogP contribution in [0.25, 0.3) is 22.5 Å². The van der Waals surface area contributed by atoms with Crippen LogP contribution in [0, 0.1) is 5.92 Å². The summed E-state index contributed by atoms with van der Waals surface area (Å²) >= 11 is 6.53. The smallest absolute Gasteiger partial charge is 0.323 e. The summed E-state index contributed by atoms with van der Waals surface area (Å²) in [5.74, 6) is 0.682. The van der Waals surface area contributed by atoms with Crippen LogP contribution in [0.5, 0.6) is 0 Å². The highest BCUT2D eigenvalue weighted by Crippen LogP contribution is 2.34. The van der Waals surface area contributed by atoms with Crippen LogP contribution in [-0.2, 0) is 22.4 Å². The second-order valence-electron chi connectivity index (χ2n) is 9.37. The number of carbonyl (C=O) groups excluding carboxylic acids is 1. The lowest BCUT2D eigenvalue weighted by molar-refractivity contribution is -0.152. The Labute approximate surface area is 221 Å². The third-order valence-electron chi connectivity index (χ3n) is 6.25. The monoisotopic (exact) mass is 521 g/mol. The molecule has 2 heterocycles. The molecule has 37 heavy (non-hydrogen) atoms. The molecule has 2 atom stereocenters. The Morgan fingerprint density at radius 3 is 2.59 bits per heavy atom. The molecule has 0 aliphatic rings. The number of benzene rings is 2. The first kappa shape index (κ1) is 26.5. The zero-order chi connectivity index (χ0) is 26.4. The van der Waals surface area contributed by atoms with Gasteiger partial charge in [0.05, 0.1) is 5.69 Å². The van der Waals surface area contributed by atoms with Gasteiger partial charge in [0.25, 0.3) is 0 Å². The minimum absolute atomic E-state index is 0.0690. The molecule has 0 radical (unpaired) electrons. The van der Waals surface area contributed by atoms with E-state index in [1.807, 2.05) is 62.4 Å². The quantitative estimate of drug-likeness (QED) is 0.234. The lowest BCUT2D eigenvalue weighted by atomic mass is 9.95. The topological polar surface area (TPSA) is 135 Å². The van der Waals surface area contributed by atoms with E-state index in [-0.39, 0.29) is 5.92 Å². The molecule has 0 saturated heterocycles. The van der Waals surface area contributed by atoms with E-state index in [9.17, 15) is 4.79 Å². The third kappa shape index (κ3) is 6.42. The fourth-order valence-electron chi connectivity index (χ4n) is 4.05. The maximum atomic E-state index is 12.9. The van der Waals surface area contributed by atoms with Gasteiger partial charge in [-0.3, -0.25) is 4.79 Å². The first-order valence-corrected chi connectivity index (χ1v) is 12.9. The van der Waals surface area contributed by atoms with Crippen LogP contribution < -0.4 is 5.73 Å². The standard InChI is InChI=1S/C27H32ClN7O2/c1-4-5-11-22-30-24(25(28)31-22)21(37-27(36)23(29)16(2)3)15-17-12-13-19(18-9-7-6-8-10-18)20(14-17)26-32-34-35-33-26/h6-10,12-14,16,21,23H,4-5,11,15,29H2,1-3H3,(H,30,31)(H,32,33,34,35)/t21-,23-/m0/s1. The van der Waals surface area contributed by atoms with E-state index >= 15 is 0 Å². The number of rotatable bonds is 11. The Morgan fingerprint density at radius 1 is 1.14 bits per heavy atom. The highest BCUT2D eigenvalue weighted by atomic mass is 35.5. The Morgan fingerprint density at radius 2 is 1.92 bits per heavy atom. The van der Waals surface area contributed by atoms with Gasteiger partial charge >= 0.3 is 5.97 Å². The zero-order valence-electron chi connectivity index (χ0n) is 21.2. The van der Waals surface area contributed by atoms with Crippen LogP contribution in [0.15, 0.2) is 48.5 Å². The molecule has 4 rings (SSSR count). The lowest BCUT2D eigenvalue weighted by Crippen LogP contribution is -2.38. The van der Waals surface area contributed by atoms with Crippen molar-refractivity contribution in [2.75, 3.05) is 0 Å². The minimum atomic E-state index is -0.751. The van der Waals surface area contributed by atoms with Gasteiger partial charge in [0.1, 0.15) is 18.0 Å². The number of aromatic nitrogens is 6. The first-order valence-electron chi connectivity index (χ1n) is 12.5. The van der Waals surface area contributed by atoms with Crippen LogP contribution in [0.4, 0.5) is 0 Å². The number of carbonyl (C=O) groups is 1. The number of esters is 1. The van der Waals surface area contributed by atoms with E-state index in [2.05, 4.69) is 37.5 Å². The summed E-state index contributed by atoms with van der Waals surface area (Å²) in [7, 11) is 0. The van der Waals surface area contributed by atoms with Crippen molar-refractivity contribution in [1.82, 2.24) is 30.6 Å². The number of nitrogens with two attached hydrogens (primary N) is 1. The molecule has 0 spiro atoms. The molecule has 0 aliphatic heterocycles. The Bertz CT molecular complexity index is 1310. The summed E-state index contributed by atoms with van der Waals surface area (Å²) in [6, 6.07) is 15.2. The molecule has 0 amide bonds. The van der Waals surface area contributed by atoms with Crippen LogP contribution >= 0.6 is 11.6 Å². The number of ether oxygens (including phenoxy) is 1. The van der Waals surface area contributed by atoms with Crippen molar-refractivity contribution in [3.05, 3.63) is 70.8 Å². The van der Waals surface area contributed by atoms with Crippen LogP contribution in [-0.4, -0.2) is 42.6 Å². The molecule has 0 unspecified atom stereocenters. The summed E-state index contributed by atoms with van der Waals surface area (Å²) in [5, 5.41) is 15.0. The average molecular weight is 522 g/mol. The van der Waals surface area contributed by atoms with Gasteiger partial charge in [0.2, 0.25) is 5.82 Å². The zero-order valence-corrected chi connectivity index (χ0v) is 22.0. The van der Waals surface area contributed by atoms with Crippen LogP contribution in [0.2, 0.25) is 5.15 Å². The number of nitrogens with one attached hydrogen (secondary N) is 2. The molecule has 4 N–H and O–H groups in total. The number of aryl methyl sites for hydroxylation is 1. The van der Waals surface area contributed by atoms with Gasteiger partial charge in [-0.05, 0) is 40.3 Å². The number of imidazole rings is 1. The van der Waals surface area contributed by atoms with E-state index in [1.54, 1.807) is 0 Å². The Hall–Kier alpha value is -3.56. The van der Waals surface area contributed by atoms with Gasteiger partial charge in [-0.15, -0.1) is 10.2 Å². The number of hydrogen-bond donors (Lipinski definition) is 3. The van der Waals surface area contributed by atoms with Gasteiger partial charge in [0.15, 0.2) is 5.15 Å². The van der Waals surface area contributed by atoms with Crippen molar-refractivity contribution < 1.29 is 9.53 Å². The van der Waals surface area contributed by atoms with E-state index in [0.29, 0.717) is 23.1 Å². The number of aromatic amines is 2. The molecule has 4 aromatic rings. The minimum Gasteiger partial charge on any atom is -0.454 e. The summed E-state index contributed by atoms with van der Waals surface area (Å²) in [6.45, 7) is 5.88. The highest BCUT2D eigenvalue weighted by molar-refractivity contribution is 6.30. The molecule has 9 nitrogen and oxygen atoms in total. The molecular weight excluding hydrogens is 490 g/mol. The van der Waals surface area contributed by atoms with Crippen molar-refractivity contribution >= 4 is 17.6 Å². The third-order valence-corrected chi connectivity index (χ3v) is 6.54. The second-order valence-corrected chi connectivity index (χ2v) is 9.73. The SMILES string of the molecule is CCCCc1nc(Cl)c([C@H](Cc2ccc(-c3ccccc3)c(-c3nn[nH]n3)c2)OC(=O)[C@@H](N)C(C)C)[nH]1. The number of H-pyrrole nitrogens is 2. The van der Waals surface area contributed by atoms with Crippen LogP contribution in [0.1, 0.15) is 56.8 Å². The normalized spacial score (nSPS) is 13.0. The molecule has 10 heteroatoms. The van der Waals surface area contributed by atoms with E-state index in [1.165, 1.54) is 0 Å². The Kier molecular flexibility index (Phi) is 8.68. The maximum Gasteiger partial charge on any atom is 0.323 e. The number of hydrogen-bond acceptors (Lipinski definition) is 7. The lowest BCUT2D eigenvalue weighted by Gasteiger charge is -2.22. The molecule has 0 saturated carbocycles. The van der Waals surface area contributed by atoms with Gasteiger partial charge in [-0.25, -0.2) is 4.98 Å². The second kappa shape index (κ2) is 12.1. The molecule has 2 aromatic carbocycles. The predicted molar refractivity (Wildman–Crippen MR) is 143 cm³/mol. The fraction of sp³-hybridized carbons (Fsp3) is 0.370. The van der Waals surface area contributed by atoms with E-state index < -0.39 is 18.1 Å². The molecule has 2 aromatic heterocycles. The van der Waals surface area contributed by atoms with Gasteiger partial charge < -0.3 is 15.5 Å². The molecule has 0 fully saturated rings. The maximum absolute atomic E-state index is 12.9. The fourth-order valence-corrected chi connectivity index (χ4v) is 4.32. The summed E-state index contributed by atoms with van der Waals surface area (Å²) in [6.07, 6.45) is 2.42. The molecule has 0 aliphatic carbocycles. The van der Waals surface area contributed by atoms with Crippen molar-refractivity contribution in [3.8, 4) is 22.5 Å². The van der Waals surface area contributed by atoms with Gasteiger partial charge in [-0.2, -0.15) is 5.21 Å². The molecule has 0 bridgehead atoms. The number of nitrogens with zero attached hydrogens (tertiary/aromatic N) is 4. The summed E-state index contributed by atoms with van der Waals surface area (Å²) < 4.78 is 5.94. The average Bonchev–Trinajstić information content (AvgIpc) is 3.57. The highest BCUT2D eigenvalue weighted by Gasteiger charge is 2.28. The number of tetrazole rings is 1. The van der Waals surface area contributed by atoms with E-state index in [0.717, 1.165) is 47.3 Å². The predicted octanol–water partition coefficient (Wildman–Crippen LogP) is 5.06. The van der Waals surface area contributed by atoms with Crippen molar-refractivity contribution in [2.24, 2.45) is 11.7 Å². The first-order chi connectivity index (χ1) is 17.9. The van der Waals surface area contributed by atoms with Crippen molar-refractivity contribution in [2.45, 2.75) is 58.6 Å². The van der Waals surface area contributed by atoms with Gasteiger partial charge in [-0.1, -0.05) is 81.3 Å². The summed E-state index contributed by atoms with van der Waals surface area (Å²) in [4.78, 5) is 20.6. The summed E-state index contributed by atoms with van der Waals surface area (Å²) in [5.41, 5.74) is 10.4. The van der Waals surface area contributed by atoms with Gasteiger partial charge in [0, 0.05) is 18.4 Å². The van der Waals surface area contributed by atoms with Crippen molar-refractivity contribution in [3.63, 3.8) is 0 Å². The van der Waals surface area contributed by atoms with E-state index in [4.69, 9.17) is 22.1 Å². The molecule has 194 valence electrons. The Balaban J connectivity index is 1.71. The van der Waals surface area contributed by atoms with Crippen molar-refractivity contribution in [1.29, 1.82) is 0 Å². The largest absolute Gasteiger partial charge is 0.454 e. The molecular formula is C27H32ClN7O2.